The first-order chi connectivity index (χ1) is 7.74. The Balaban J connectivity index is 1.96. The fourth-order valence-corrected chi connectivity index (χ4v) is 2.09. The molecule has 2 fully saturated rings. The fraction of sp³-hybridized carbons (Fsp3) is 0.545. The molecule has 2 heterocycles. The Morgan fingerprint density at radius 1 is 1.38 bits per heavy atom. The van der Waals surface area contributed by atoms with Crippen molar-refractivity contribution in [2.24, 2.45) is 0 Å². The van der Waals surface area contributed by atoms with Crippen LogP contribution in [-0.2, 0) is 4.79 Å². The Morgan fingerprint density at radius 3 is 2.81 bits per heavy atom. The summed E-state index contributed by atoms with van der Waals surface area (Å²) in [4.78, 5) is 21.7. The quantitative estimate of drug-likeness (QED) is 0.805. The standard InChI is InChI=1S/C11H14N4O/c12-11-13-8(7-3-4-7)6-9(14-11)15-5-1-2-10(15)16/h6-7H,1-5H2,(H2,12,13,14). The molecule has 16 heavy (non-hydrogen) atoms. The minimum atomic E-state index is 0.139. The number of aromatic nitrogens is 2. The molecule has 84 valence electrons. The van der Waals surface area contributed by atoms with Crippen LogP contribution in [0.3, 0.4) is 0 Å². The molecule has 2 N–H and O–H groups in total. The molecule has 2 aliphatic rings. The van der Waals surface area contributed by atoms with Crippen molar-refractivity contribution in [3.63, 3.8) is 0 Å². The van der Waals surface area contributed by atoms with Crippen molar-refractivity contribution in [2.75, 3.05) is 17.2 Å². The molecule has 5 nitrogen and oxygen atoms in total. The summed E-state index contributed by atoms with van der Waals surface area (Å²) in [5.41, 5.74) is 6.67. The van der Waals surface area contributed by atoms with E-state index in [1.165, 1.54) is 12.8 Å². The van der Waals surface area contributed by atoms with Gasteiger partial charge >= 0.3 is 0 Å². The summed E-state index contributed by atoms with van der Waals surface area (Å²) < 4.78 is 0. The Hall–Kier alpha value is -1.65. The summed E-state index contributed by atoms with van der Waals surface area (Å²) >= 11 is 0. The molecule has 0 unspecified atom stereocenters. The van der Waals surface area contributed by atoms with Gasteiger partial charge in [0.05, 0.1) is 5.69 Å². The molecular weight excluding hydrogens is 204 g/mol. The third-order valence-electron chi connectivity index (χ3n) is 3.10. The van der Waals surface area contributed by atoms with E-state index in [1.807, 2.05) is 6.07 Å². The molecule has 0 bridgehead atoms. The van der Waals surface area contributed by atoms with Crippen LogP contribution in [0.1, 0.15) is 37.3 Å². The average Bonchev–Trinajstić information content (AvgIpc) is 3.01. The second kappa shape index (κ2) is 3.43. The first kappa shape index (κ1) is 9.57. The maximum atomic E-state index is 11.6. The number of anilines is 2. The van der Waals surface area contributed by atoms with Gasteiger partial charge in [0.1, 0.15) is 5.82 Å². The molecule has 1 aromatic heterocycles. The summed E-state index contributed by atoms with van der Waals surface area (Å²) in [6, 6.07) is 1.91. The lowest BCUT2D eigenvalue weighted by Crippen LogP contribution is -2.25. The first-order valence-electron chi connectivity index (χ1n) is 5.69. The number of amides is 1. The highest BCUT2D eigenvalue weighted by Gasteiger charge is 2.28. The molecular formula is C11H14N4O. The number of nitrogens with zero attached hydrogens (tertiary/aromatic N) is 3. The first-order valence-corrected chi connectivity index (χ1v) is 5.69. The molecule has 0 spiro atoms. The van der Waals surface area contributed by atoms with Crippen LogP contribution in [0.5, 0.6) is 0 Å². The minimum absolute atomic E-state index is 0.139. The van der Waals surface area contributed by atoms with Crippen molar-refractivity contribution in [1.82, 2.24) is 9.97 Å². The smallest absolute Gasteiger partial charge is 0.228 e. The lowest BCUT2D eigenvalue weighted by atomic mass is 10.2. The number of hydrogen-bond acceptors (Lipinski definition) is 4. The van der Waals surface area contributed by atoms with Crippen LogP contribution < -0.4 is 10.6 Å². The second-order valence-electron chi connectivity index (χ2n) is 4.43. The monoisotopic (exact) mass is 218 g/mol. The SMILES string of the molecule is Nc1nc(C2CC2)cc(N2CCCC2=O)n1. The maximum Gasteiger partial charge on any atom is 0.228 e. The van der Waals surface area contributed by atoms with Gasteiger partial charge in [0.2, 0.25) is 11.9 Å². The van der Waals surface area contributed by atoms with E-state index in [4.69, 9.17) is 5.73 Å². The van der Waals surface area contributed by atoms with Crippen molar-refractivity contribution in [2.45, 2.75) is 31.6 Å². The highest BCUT2D eigenvalue weighted by molar-refractivity contribution is 5.94. The molecule has 3 rings (SSSR count). The van der Waals surface area contributed by atoms with Crippen LogP contribution in [0.4, 0.5) is 11.8 Å². The predicted molar refractivity (Wildman–Crippen MR) is 60.0 cm³/mol. The molecule has 0 atom stereocenters. The van der Waals surface area contributed by atoms with Gasteiger partial charge in [-0.15, -0.1) is 0 Å². The van der Waals surface area contributed by atoms with Crippen LogP contribution in [0.25, 0.3) is 0 Å². The van der Waals surface area contributed by atoms with E-state index >= 15 is 0 Å². The van der Waals surface area contributed by atoms with Gasteiger partial charge in [-0.05, 0) is 19.3 Å². The third kappa shape index (κ3) is 1.62. The number of carbonyl (C=O) groups excluding carboxylic acids is 1. The lowest BCUT2D eigenvalue weighted by molar-refractivity contribution is -0.117. The van der Waals surface area contributed by atoms with E-state index in [-0.39, 0.29) is 11.9 Å². The summed E-state index contributed by atoms with van der Waals surface area (Å²) in [5.74, 6) is 1.62. The molecule has 0 radical (unpaired) electrons. The van der Waals surface area contributed by atoms with E-state index in [1.54, 1.807) is 4.90 Å². The summed E-state index contributed by atoms with van der Waals surface area (Å²) in [7, 11) is 0. The third-order valence-corrected chi connectivity index (χ3v) is 3.10. The topological polar surface area (TPSA) is 72.1 Å². The van der Waals surface area contributed by atoms with Crippen LogP contribution >= 0.6 is 0 Å². The minimum Gasteiger partial charge on any atom is -0.368 e. The number of carbonyl (C=O) groups is 1. The zero-order valence-electron chi connectivity index (χ0n) is 9.02. The molecule has 1 aliphatic heterocycles. The van der Waals surface area contributed by atoms with Crippen LogP contribution in [0.2, 0.25) is 0 Å². The second-order valence-corrected chi connectivity index (χ2v) is 4.43. The number of nitrogen functional groups attached to an aromatic ring is 1. The van der Waals surface area contributed by atoms with Crippen molar-refractivity contribution in [3.05, 3.63) is 11.8 Å². The molecule has 1 amide bonds. The van der Waals surface area contributed by atoms with Gasteiger partial charge in [-0.2, -0.15) is 4.98 Å². The van der Waals surface area contributed by atoms with Gasteiger partial charge in [0.15, 0.2) is 0 Å². The molecule has 1 saturated carbocycles. The van der Waals surface area contributed by atoms with E-state index < -0.39 is 0 Å². The van der Waals surface area contributed by atoms with Crippen molar-refractivity contribution < 1.29 is 4.79 Å². The molecule has 5 heteroatoms. The van der Waals surface area contributed by atoms with Gasteiger partial charge in [-0.3, -0.25) is 9.69 Å². The Labute approximate surface area is 93.7 Å². The lowest BCUT2D eigenvalue weighted by Gasteiger charge is -2.15. The van der Waals surface area contributed by atoms with Crippen molar-refractivity contribution in [3.8, 4) is 0 Å². The van der Waals surface area contributed by atoms with Gasteiger partial charge in [0.25, 0.3) is 0 Å². The van der Waals surface area contributed by atoms with Crippen molar-refractivity contribution in [1.29, 1.82) is 0 Å². The maximum absolute atomic E-state index is 11.6. The summed E-state index contributed by atoms with van der Waals surface area (Å²) in [5, 5.41) is 0. The normalized spacial score (nSPS) is 20.5. The zero-order valence-corrected chi connectivity index (χ0v) is 9.02. The van der Waals surface area contributed by atoms with E-state index in [2.05, 4.69) is 9.97 Å². The van der Waals surface area contributed by atoms with E-state index in [9.17, 15) is 4.79 Å². The van der Waals surface area contributed by atoms with Gasteiger partial charge in [-0.1, -0.05) is 0 Å². The highest BCUT2D eigenvalue weighted by atomic mass is 16.2. The number of hydrogen-bond donors (Lipinski definition) is 1. The zero-order chi connectivity index (χ0) is 11.1. The Kier molecular flexibility index (Phi) is 2.05. The van der Waals surface area contributed by atoms with E-state index in [0.717, 1.165) is 18.7 Å². The summed E-state index contributed by atoms with van der Waals surface area (Å²) in [6.45, 7) is 0.749. The van der Waals surface area contributed by atoms with Crippen LogP contribution in [0, 0.1) is 0 Å². The van der Waals surface area contributed by atoms with Gasteiger partial charge in [0, 0.05) is 24.9 Å². The molecule has 1 saturated heterocycles. The molecule has 1 aromatic rings. The Morgan fingerprint density at radius 2 is 2.19 bits per heavy atom. The van der Waals surface area contributed by atoms with Gasteiger partial charge < -0.3 is 5.73 Å². The fourth-order valence-electron chi connectivity index (χ4n) is 2.09. The van der Waals surface area contributed by atoms with Crippen molar-refractivity contribution >= 4 is 17.7 Å². The van der Waals surface area contributed by atoms with Crippen LogP contribution in [-0.4, -0.2) is 22.4 Å². The number of nitrogens with two attached hydrogens (primary N) is 1. The van der Waals surface area contributed by atoms with E-state index in [0.29, 0.717) is 18.2 Å². The van der Waals surface area contributed by atoms with Crippen LogP contribution in [0.15, 0.2) is 6.07 Å². The van der Waals surface area contributed by atoms with Gasteiger partial charge in [-0.25, -0.2) is 4.98 Å². The molecule has 0 aromatic carbocycles. The largest absolute Gasteiger partial charge is 0.368 e. The highest BCUT2D eigenvalue weighted by Crippen LogP contribution is 2.40. The summed E-state index contributed by atoms with van der Waals surface area (Å²) in [6.07, 6.45) is 3.86. The molecule has 1 aliphatic carbocycles. The average molecular weight is 218 g/mol. The number of rotatable bonds is 2. The predicted octanol–water partition coefficient (Wildman–Crippen LogP) is 1.06. The Bertz CT molecular complexity index is 442.